The third-order valence-electron chi connectivity index (χ3n) is 9.09. The van der Waals surface area contributed by atoms with Crippen molar-refractivity contribution in [1.82, 2.24) is 10.3 Å². The van der Waals surface area contributed by atoms with E-state index in [9.17, 15) is 9.59 Å². The second-order valence-corrected chi connectivity index (χ2v) is 12.1. The van der Waals surface area contributed by atoms with Crippen molar-refractivity contribution in [3.8, 4) is 0 Å². The lowest BCUT2D eigenvalue weighted by Crippen LogP contribution is -2.52. The van der Waals surface area contributed by atoms with Gasteiger partial charge < -0.3 is 19.9 Å². The molecular weight excluding hydrogens is 450 g/mol. The van der Waals surface area contributed by atoms with Crippen LogP contribution in [0.15, 0.2) is 24.9 Å². The van der Waals surface area contributed by atoms with Crippen molar-refractivity contribution in [2.45, 2.75) is 90.6 Å². The van der Waals surface area contributed by atoms with Crippen LogP contribution in [0.3, 0.4) is 0 Å². The fourth-order valence-corrected chi connectivity index (χ4v) is 6.43. The smallest absolute Gasteiger partial charge is 0.302 e. The summed E-state index contributed by atoms with van der Waals surface area (Å²) in [6, 6.07) is 1.71. The Bertz CT molecular complexity index is 1200. The fourth-order valence-electron chi connectivity index (χ4n) is 6.43. The Balaban J connectivity index is 2.04. The van der Waals surface area contributed by atoms with E-state index in [2.05, 4.69) is 81.7 Å². The number of benzene rings is 1. The van der Waals surface area contributed by atoms with Crippen molar-refractivity contribution in [3.63, 3.8) is 0 Å². The molecule has 4 rings (SSSR count). The summed E-state index contributed by atoms with van der Waals surface area (Å²) in [7, 11) is 2.04. The Morgan fingerprint density at radius 1 is 1.28 bits per heavy atom. The van der Waals surface area contributed by atoms with Gasteiger partial charge in [-0.05, 0) is 59.3 Å². The largest absolute Gasteiger partial charge is 0.464 e. The van der Waals surface area contributed by atoms with Gasteiger partial charge in [0.05, 0.1) is 11.6 Å². The molecular formula is C30H43N3O3. The van der Waals surface area contributed by atoms with E-state index in [1.54, 1.807) is 0 Å². The molecule has 2 aliphatic rings. The molecule has 0 fully saturated rings. The summed E-state index contributed by atoms with van der Waals surface area (Å²) in [5, 5.41) is 4.35. The van der Waals surface area contributed by atoms with Gasteiger partial charge in [0.25, 0.3) is 0 Å². The number of fused-ring (bicyclic) bond motifs is 2. The van der Waals surface area contributed by atoms with Gasteiger partial charge in [-0.15, -0.1) is 6.58 Å². The highest BCUT2D eigenvalue weighted by Gasteiger charge is 2.45. The van der Waals surface area contributed by atoms with Gasteiger partial charge in [0.15, 0.2) is 0 Å². The molecule has 1 aliphatic heterocycles. The van der Waals surface area contributed by atoms with Gasteiger partial charge in [-0.25, -0.2) is 0 Å². The van der Waals surface area contributed by atoms with Crippen molar-refractivity contribution in [2.75, 3.05) is 18.6 Å². The van der Waals surface area contributed by atoms with Gasteiger partial charge in [0.1, 0.15) is 12.6 Å². The average molecular weight is 494 g/mol. The molecule has 0 unspecified atom stereocenters. The second-order valence-electron chi connectivity index (χ2n) is 12.1. The Kier molecular flexibility index (Phi) is 6.78. The summed E-state index contributed by atoms with van der Waals surface area (Å²) in [5.74, 6) is 0.173. The van der Waals surface area contributed by atoms with Gasteiger partial charge in [-0.1, -0.05) is 47.6 Å². The quantitative estimate of drug-likeness (QED) is 0.433. The number of hydrogen-bond acceptors (Lipinski definition) is 4. The maximum Gasteiger partial charge on any atom is 0.302 e. The van der Waals surface area contributed by atoms with Crippen LogP contribution in [0.25, 0.3) is 10.9 Å². The fraction of sp³-hybridized carbons (Fsp3) is 0.600. The molecule has 2 N–H and O–H groups in total. The van der Waals surface area contributed by atoms with E-state index in [-0.39, 0.29) is 47.3 Å². The summed E-state index contributed by atoms with van der Waals surface area (Å²) in [4.78, 5) is 31.0. The lowest BCUT2D eigenvalue weighted by Gasteiger charge is -2.47. The molecule has 0 radical (unpaired) electrons. The van der Waals surface area contributed by atoms with Gasteiger partial charge in [-0.3, -0.25) is 9.59 Å². The molecule has 0 bridgehead atoms. The van der Waals surface area contributed by atoms with Crippen LogP contribution in [0.5, 0.6) is 0 Å². The van der Waals surface area contributed by atoms with E-state index in [0.29, 0.717) is 12.3 Å². The number of H-pyrrole nitrogens is 1. The minimum Gasteiger partial charge on any atom is -0.464 e. The van der Waals surface area contributed by atoms with Gasteiger partial charge in [0, 0.05) is 36.7 Å². The van der Waals surface area contributed by atoms with Crippen molar-refractivity contribution < 1.29 is 14.3 Å². The molecule has 0 saturated heterocycles. The predicted molar refractivity (Wildman–Crippen MR) is 147 cm³/mol. The summed E-state index contributed by atoms with van der Waals surface area (Å²) in [6.07, 6.45) is 6.89. The van der Waals surface area contributed by atoms with E-state index in [4.69, 9.17) is 4.74 Å². The minimum atomic E-state index is -0.355. The third-order valence-corrected chi connectivity index (χ3v) is 9.09. The molecule has 1 amide bonds. The topological polar surface area (TPSA) is 74.4 Å². The van der Waals surface area contributed by atoms with Gasteiger partial charge in [0.2, 0.25) is 5.91 Å². The maximum absolute atomic E-state index is 13.6. The number of ether oxygens (including phenoxy) is 1. The number of amides is 1. The van der Waals surface area contributed by atoms with Crippen LogP contribution in [-0.4, -0.2) is 42.6 Å². The van der Waals surface area contributed by atoms with Crippen LogP contribution in [-0.2, 0) is 31.6 Å². The van der Waals surface area contributed by atoms with Crippen LogP contribution in [0.2, 0.25) is 0 Å². The zero-order valence-electron chi connectivity index (χ0n) is 23.2. The number of carbonyl (C=O) groups excluding carboxylic acids is 2. The van der Waals surface area contributed by atoms with E-state index in [1.165, 1.54) is 18.1 Å². The number of likely N-dealkylation sites (N-methyl/N-ethyl adjacent to an activating group) is 1. The number of carbonyl (C=O) groups is 2. The van der Waals surface area contributed by atoms with Crippen molar-refractivity contribution in [2.24, 2.45) is 11.8 Å². The monoisotopic (exact) mass is 493 g/mol. The van der Waals surface area contributed by atoms with Crippen LogP contribution < -0.4 is 10.2 Å². The molecule has 1 aliphatic carbocycles. The summed E-state index contributed by atoms with van der Waals surface area (Å²) >= 11 is 0. The lowest BCUT2D eigenvalue weighted by atomic mass is 9.57. The Hall–Kier alpha value is -2.76. The molecule has 1 aromatic heterocycles. The first-order valence-electron chi connectivity index (χ1n) is 13.3. The first-order chi connectivity index (χ1) is 16.8. The number of esters is 1. The molecule has 6 heteroatoms. The van der Waals surface area contributed by atoms with Gasteiger partial charge >= 0.3 is 5.97 Å². The number of anilines is 1. The van der Waals surface area contributed by atoms with Crippen LogP contribution in [0.1, 0.15) is 78.0 Å². The second kappa shape index (κ2) is 9.28. The first-order valence-corrected chi connectivity index (χ1v) is 13.3. The zero-order chi connectivity index (χ0) is 26.6. The number of allylic oxidation sites excluding steroid dienone is 1. The summed E-state index contributed by atoms with van der Waals surface area (Å²) in [5.41, 5.74) is 5.90. The number of aromatic nitrogens is 1. The highest BCUT2D eigenvalue weighted by Crippen LogP contribution is 2.54. The van der Waals surface area contributed by atoms with E-state index < -0.39 is 0 Å². The average Bonchev–Trinajstić information content (AvgIpc) is 3.23. The predicted octanol–water partition coefficient (Wildman–Crippen LogP) is 5.38. The first kappa shape index (κ1) is 26.3. The van der Waals surface area contributed by atoms with Crippen molar-refractivity contribution in [3.05, 3.63) is 41.6 Å². The Morgan fingerprint density at radius 2 is 1.97 bits per heavy atom. The molecule has 196 valence electrons. The molecule has 2 heterocycles. The third kappa shape index (κ3) is 4.12. The van der Waals surface area contributed by atoms with Gasteiger partial charge in [-0.2, -0.15) is 0 Å². The number of hydrogen-bond donors (Lipinski definition) is 2. The van der Waals surface area contributed by atoms with Crippen molar-refractivity contribution >= 4 is 28.5 Å². The normalized spacial score (nSPS) is 28.4. The number of aromatic amines is 1. The highest BCUT2D eigenvalue weighted by molar-refractivity contribution is 6.01. The molecule has 2 aromatic rings. The number of nitrogens with zero attached hydrogens (tertiary/aromatic N) is 1. The van der Waals surface area contributed by atoms with Crippen molar-refractivity contribution in [1.29, 1.82) is 0 Å². The van der Waals surface area contributed by atoms with E-state index >= 15 is 0 Å². The Labute approximate surface area is 215 Å². The van der Waals surface area contributed by atoms with E-state index in [0.717, 1.165) is 35.0 Å². The van der Waals surface area contributed by atoms with Crippen LogP contribution in [0.4, 0.5) is 5.69 Å². The van der Waals surface area contributed by atoms with Crippen LogP contribution >= 0.6 is 0 Å². The zero-order valence-corrected chi connectivity index (χ0v) is 23.2. The number of nitrogens with one attached hydrogen (secondary N) is 2. The molecule has 36 heavy (non-hydrogen) atoms. The Morgan fingerprint density at radius 3 is 2.56 bits per heavy atom. The van der Waals surface area contributed by atoms with Crippen LogP contribution in [0, 0.1) is 11.8 Å². The SMILES string of the molecule is C=C[C@@]1(C)CC[C@@](C)(C(C)C)c2cc3c4c(c[nH]c4c21)C[C@@H](COC(C)=O)NC(=O)[C@H](C(C)C)N3C. The number of rotatable bonds is 5. The molecule has 1 aromatic carbocycles. The van der Waals surface area contributed by atoms with E-state index in [1.807, 2.05) is 7.05 Å². The molecule has 0 spiro atoms. The lowest BCUT2D eigenvalue weighted by molar-refractivity contribution is -0.142. The summed E-state index contributed by atoms with van der Waals surface area (Å²) < 4.78 is 5.35. The molecule has 0 saturated carbocycles. The minimum absolute atomic E-state index is 0.0144. The molecule has 4 atom stereocenters. The molecule has 6 nitrogen and oxygen atoms in total. The maximum atomic E-state index is 13.6. The summed E-state index contributed by atoms with van der Waals surface area (Å²) in [6.45, 7) is 19.3. The standard InChI is InChI=1S/C30H43N3O3/c1-10-29(7)11-12-30(8,18(4)5)22-14-23-24-20(15-31-26(24)25(22)29)13-21(16-36-19(6)34)32-28(35)27(17(2)3)33(23)9/h10,14-15,17-18,21,27,31H,1,11-13,16H2,2-9H3,(H,32,35)/t21-,27-,29-,30-/m0/s1. The highest BCUT2D eigenvalue weighted by atomic mass is 16.5.